The van der Waals surface area contributed by atoms with Crippen LogP contribution < -0.4 is 16.1 Å². The number of nitrogens with one attached hydrogen (secondary N) is 3. The molecule has 0 radical (unpaired) electrons. The number of carbonyl (C=O) groups is 4. The summed E-state index contributed by atoms with van der Waals surface area (Å²) < 4.78 is 13.6. The Morgan fingerprint density at radius 3 is 2.26 bits per heavy atom. The Morgan fingerprint density at radius 2 is 1.74 bits per heavy atom. The van der Waals surface area contributed by atoms with Crippen LogP contribution in [0.4, 0.5) is 4.79 Å². The molecule has 1 fully saturated rings. The standard InChI is InChI=1S/C21H35Cl3N4O7/c1-12(2)15(26-19(32)35-20(3,4)5)16(29)25-14(10-33-6)17(30)28-9-7-8-13(27-28)18(31)34-11-21(22,23)24/h12-15,27H,7-11H2,1-6H3,(H,25,29)(H,26,32)/t13-,14-,15?/m0/s1. The van der Waals surface area contributed by atoms with Gasteiger partial charge in [-0.3, -0.25) is 19.4 Å². The van der Waals surface area contributed by atoms with Gasteiger partial charge in [-0.2, -0.15) is 0 Å². The first-order valence-corrected chi connectivity index (χ1v) is 12.3. The fourth-order valence-electron chi connectivity index (χ4n) is 3.13. The van der Waals surface area contributed by atoms with Crippen LogP contribution in [0.5, 0.6) is 0 Å². The highest BCUT2D eigenvalue weighted by Gasteiger charge is 2.36. The third kappa shape index (κ3) is 11.8. The van der Waals surface area contributed by atoms with Crippen LogP contribution in [0.1, 0.15) is 47.5 Å². The van der Waals surface area contributed by atoms with Crippen LogP contribution in [-0.2, 0) is 28.6 Å². The van der Waals surface area contributed by atoms with Crippen molar-refractivity contribution in [2.24, 2.45) is 5.92 Å². The predicted molar refractivity (Wildman–Crippen MR) is 131 cm³/mol. The van der Waals surface area contributed by atoms with Gasteiger partial charge in [0.1, 0.15) is 30.3 Å². The Kier molecular flexibility index (Phi) is 12.3. The van der Waals surface area contributed by atoms with E-state index in [-0.39, 0.29) is 19.1 Å². The molecular weight excluding hydrogens is 527 g/mol. The first-order chi connectivity index (χ1) is 16.0. The summed E-state index contributed by atoms with van der Waals surface area (Å²) in [5, 5.41) is 6.38. The molecule has 0 bridgehead atoms. The molecule has 1 unspecified atom stereocenters. The molecule has 0 aromatic carbocycles. The molecule has 0 spiro atoms. The van der Waals surface area contributed by atoms with Crippen molar-refractivity contribution in [1.29, 1.82) is 0 Å². The molecule has 0 aliphatic carbocycles. The minimum Gasteiger partial charge on any atom is -0.460 e. The number of hydrazine groups is 1. The molecule has 1 aliphatic heterocycles. The number of methoxy groups -OCH3 is 1. The lowest BCUT2D eigenvalue weighted by atomic mass is 10.0. The predicted octanol–water partition coefficient (Wildman–Crippen LogP) is 2.08. The number of amides is 3. The Bertz CT molecular complexity index is 756. The summed E-state index contributed by atoms with van der Waals surface area (Å²) in [6.07, 6.45) is 0.142. The van der Waals surface area contributed by atoms with E-state index >= 15 is 0 Å². The summed E-state index contributed by atoms with van der Waals surface area (Å²) >= 11 is 16.8. The number of halogens is 3. The Labute approximate surface area is 220 Å². The van der Waals surface area contributed by atoms with Crippen LogP contribution in [-0.4, -0.2) is 83.3 Å². The zero-order chi connectivity index (χ0) is 27.0. The average molecular weight is 562 g/mol. The van der Waals surface area contributed by atoms with E-state index in [0.717, 1.165) is 0 Å². The maximum absolute atomic E-state index is 13.2. The van der Waals surface area contributed by atoms with Gasteiger partial charge in [0.15, 0.2) is 0 Å². The largest absolute Gasteiger partial charge is 0.460 e. The number of carbonyl (C=O) groups excluding carboxylic acids is 4. The topological polar surface area (TPSA) is 135 Å². The van der Waals surface area contributed by atoms with Crippen LogP contribution in [0.15, 0.2) is 0 Å². The second kappa shape index (κ2) is 13.7. The lowest BCUT2D eigenvalue weighted by Gasteiger charge is -2.35. The molecule has 3 N–H and O–H groups in total. The summed E-state index contributed by atoms with van der Waals surface area (Å²) in [6, 6.07) is -2.88. The molecule has 0 saturated carbocycles. The molecule has 35 heavy (non-hydrogen) atoms. The van der Waals surface area contributed by atoms with Crippen molar-refractivity contribution < 1.29 is 33.4 Å². The van der Waals surface area contributed by atoms with E-state index in [1.807, 2.05) is 0 Å². The third-order valence-electron chi connectivity index (χ3n) is 4.68. The van der Waals surface area contributed by atoms with Crippen molar-refractivity contribution in [3.63, 3.8) is 0 Å². The van der Waals surface area contributed by atoms with E-state index < -0.39 is 58.0 Å². The van der Waals surface area contributed by atoms with Crippen molar-refractivity contribution in [3.05, 3.63) is 0 Å². The molecule has 1 rings (SSSR count). The zero-order valence-electron chi connectivity index (χ0n) is 20.8. The van der Waals surface area contributed by atoms with E-state index in [2.05, 4.69) is 16.1 Å². The van der Waals surface area contributed by atoms with Gasteiger partial charge < -0.3 is 24.8 Å². The summed E-state index contributed by atoms with van der Waals surface area (Å²) in [5.41, 5.74) is 2.05. The summed E-state index contributed by atoms with van der Waals surface area (Å²) in [7, 11) is 1.38. The lowest BCUT2D eigenvalue weighted by molar-refractivity contribution is -0.153. The fourth-order valence-corrected chi connectivity index (χ4v) is 3.29. The van der Waals surface area contributed by atoms with Gasteiger partial charge in [0, 0.05) is 13.7 Å². The SMILES string of the molecule is COC[C@H](NC(=O)C(NC(=O)OC(C)(C)C)C(C)C)C(=O)N1CCC[C@@H](C(=O)OCC(Cl)(Cl)Cl)N1. The van der Waals surface area contributed by atoms with Gasteiger partial charge >= 0.3 is 12.1 Å². The number of alkyl carbamates (subject to hydrolysis) is 1. The Hall–Kier alpha value is -1.53. The molecule has 202 valence electrons. The van der Waals surface area contributed by atoms with E-state index in [9.17, 15) is 19.2 Å². The van der Waals surface area contributed by atoms with Crippen LogP contribution in [0.3, 0.4) is 0 Å². The van der Waals surface area contributed by atoms with Crippen LogP contribution in [0.2, 0.25) is 0 Å². The highest BCUT2D eigenvalue weighted by Crippen LogP contribution is 2.26. The van der Waals surface area contributed by atoms with Gasteiger partial charge in [0.25, 0.3) is 5.91 Å². The number of esters is 1. The van der Waals surface area contributed by atoms with Gasteiger partial charge in [-0.25, -0.2) is 10.2 Å². The Balaban J connectivity index is 2.85. The third-order valence-corrected chi connectivity index (χ3v) is 5.01. The molecule has 1 saturated heterocycles. The van der Waals surface area contributed by atoms with Gasteiger partial charge in [-0.05, 0) is 39.5 Å². The number of alkyl halides is 3. The second-order valence-electron chi connectivity index (χ2n) is 9.42. The molecule has 0 aromatic heterocycles. The highest BCUT2D eigenvalue weighted by atomic mass is 35.6. The van der Waals surface area contributed by atoms with E-state index in [4.69, 9.17) is 49.0 Å². The molecule has 0 aromatic rings. The van der Waals surface area contributed by atoms with Gasteiger partial charge in [-0.1, -0.05) is 48.7 Å². The molecular formula is C21H35Cl3N4O7. The van der Waals surface area contributed by atoms with Crippen LogP contribution >= 0.6 is 34.8 Å². The Morgan fingerprint density at radius 1 is 1.11 bits per heavy atom. The monoisotopic (exact) mass is 560 g/mol. The van der Waals surface area contributed by atoms with E-state index in [1.165, 1.54) is 12.1 Å². The molecule has 3 amide bonds. The van der Waals surface area contributed by atoms with Crippen molar-refractivity contribution in [2.45, 2.75) is 75.0 Å². The van der Waals surface area contributed by atoms with E-state index in [1.54, 1.807) is 34.6 Å². The van der Waals surface area contributed by atoms with Gasteiger partial charge in [0.05, 0.1) is 6.61 Å². The second-order valence-corrected chi connectivity index (χ2v) is 11.9. The minimum absolute atomic E-state index is 0.137. The normalized spacial score (nSPS) is 18.5. The van der Waals surface area contributed by atoms with Crippen molar-refractivity contribution in [2.75, 3.05) is 26.9 Å². The molecule has 14 heteroatoms. The average Bonchev–Trinajstić information content (AvgIpc) is 2.73. The quantitative estimate of drug-likeness (QED) is 0.288. The minimum atomic E-state index is -1.76. The number of hydrogen-bond acceptors (Lipinski definition) is 8. The molecule has 1 aliphatic rings. The molecule has 3 atom stereocenters. The van der Waals surface area contributed by atoms with Crippen molar-refractivity contribution >= 4 is 58.7 Å². The van der Waals surface area contributed by atoms with Crippen molar-refractivity contribution in [3.8, 4) is 0 Å². The zero-order valence-corrected chi connectivity index (χ0v) is 23.1. The van der Waals surface area contributed by atoms with Crippen LogP contribution in [0, 0.1) is 5.92 Å². The maximum Gasteiger partial charge on any atom is 0.408 e. The summed E-state index contributed by atoms with van der Waals surface area (Å²) in [6.45, 7) is 8.31. The molecule has 1 heterocycles. The molecule has 11 nitrogen and oxygen atoms in total. The van der Waals surface area contributed by atoms with Gasteiger partial charge in [0.2, 0.25) is 9.70 Å². The van der Waals surface area contributed by atoms with Gasteiger partial charge in [-0.15, -0.1) is 0 Å². The number of ether oxygens (including phenoxy) is 3. The number of rotatable bonds is 9. The summed E-state index contributed by atoms with van der Waals surface area (Å²) in [4.78, 5) is 50.6. The first kappa shape index (κ1) is 31.5. The maximum atomic E-state index is 13.2. The van der Waals surface area contributed by atoms with Crippen LogP contribution in [0.25, 0.3) is 0 Å². The summed E-state index contributed by atoms with van der Waals surface area (Å²) in [5.74, 6) is -2.09. The van der Waals surface area contributed by atoms with E-state index in [0.29, 0.717) is 12.8 Å². The number of nitrogens with zero attached hydrogens (tertiary/aromatic N) is 1. The smallest absolute Gasteiger partial charge is 0.408 e. The van der Waals surface area contributed by atoms with Crippen molar-refractivity contribution in [1.82, 2.24) is 21.1 Å². The number of hydrogen-bond donors (Lipinski definition) is 3. The lowest BCUT2D eigenvalue weighted by Crippen LogP contribution is -2.62. The fraction of sp³-hybridized carbons (Fsp3) is 0.810. The first-order valence-electron chi connectivity index (χ1n) is 11.1. The highest BCUT2D eigenvalue weighted by molar-refractivity contribution is 6.67.